The number of esters is 2. The van der Waals surface area contributed by atoms with Crippen molar-refractivity contribution in [1.29, 1.82) is 5.26 Å². The molecule has 0 aliphatic carbocycles. The van der Waals surface area contributed by atoms with Gasteiger partial charge in [-0.3, -0.25) is 9.59 Å². The summed E-state index contributed by atoms with van der Waals surface area (Å²) in [5.74, 6) is -0.235. The summed E-state index contributed by atoms with van der Waals surface area (Å²) in [6.45, 7) is 12.5. The quantitative estimate of drug-likeness (QED) is 0.542. The second-order valence-corrected chi connectivity index (χ2v) is 8.48. The molecule has 1 rings (SSSR count). The van der Waals surface area contributed by atoms with E-state index in [1.54, 1.807) is 0 Å². The summed E-state index contributed by atoms with van der Waals surface area (Å²) in [6, 6.07) is 9.73. The van der Waals surface area contributed by atoms with Gasteiger partial charge in [0.15, 0.2) is 0 Å². The average molecular weight is 388 g/mol. The Kier molecular flexibility index (Phi) is 9.18. The van der Waals surface area contributed by atoms with Gasteiger partial charge in [0.05, 0.1) is 32.1 Å². The minimum absolute atomic E-state index is 0.186. The molecule has 1 aromatic rings. The number of benzene rings is 1. The first-order valence-corrected chi connectivity index (χ1v) is 9.92. The van der Waals surface area contributed by atoms with Gasteiger partial charge in [0, 0.05) is 0 Å². The molecule has 5 nitrogen and oxygen atoms in total. The van der Waals surface area contributed by atoms with Crippen LogP contribution in [0.25, 0.3) is 0 Å². The van der Waals surface area contributed by atoms with E-state index < -0.39 is 17.4 Å². The minimum atomic E-state index is -1.31. The van der Waals surface area contributed by atoms with Crippen molar-refractivity contribution < 1.29 is 19.1 Å². The van der Waals surface area contributed by atoms with Crippen LogP contribution in [0.2, 0.25) is 0 Å². The highest BCUT2D eigenvalue weighted by Crippen LogP contribution is 2.33. The van der Waals surface area contributed by atoms with E-state index >= 15 is 0 Å². The second-order valence-electron chi connectivity index (χ2n) is 8.48. The van der Waals surface area contributed by atoms with Crippen molar-refractivity contribution in [3.05, 3.63) is 35.4 Å². The number of nitriles is 1. The number of nitrogens with zero attached hydrogens (tertiary/aromatic N) is 1. The molecule has 5 heteroatoms. The molecule has 0 atom stereocenters. The Morgan fingerprint density at radius 3 is 1.64 bits per heavy atom. The molecule has 154 valence electrons. The summed E-state index contributed by atoms with van der Waals surface area (Å²) in [5, 5.41) is 10.00. The predicted octanol–water partition coefficient (Wildman–Crippen LogP) is 4.75. The van der Waals surface area contributed by atoms with Crippen molar-refractivity contribution >= 4 is 11.9 Å². The molecule has 0 heterocycles. The molecular formula is C23H33NO4. The van der Waals surface area contributed by atoms with Crippen LogP contribution in [0.4, 0.5) is 0 Å². The van der Waals surface area contributed by atoms with Gasteiger partial charge in [-0.2, -0.15) is 5.26 Å². The van der Waals surface area contributed by atoms with Gasteiger partial charge in [0.25, 0.3) is 0 Å². The first kappa shape index (κ1) is 23.7. The molecule has 0 N–H and O–H groups in total. The maximum atomic E-state index is 12.4. The maximum absolute atomic E-state index is 12.4. The third-order valence-corrected chi connectivity index (χ3v) is 4.39. The molecule has 0 saturated carbocycles. The van der Waals surface area contributed by atoms with Gasteiger partial charge >= 0.3 is 11.9 Å². The Labute approximate surface area is 169 Å². The van der Waals surface area contributed by atoms with E-state index in [4.69, 9.17) is 9.47 Å². The highest BCUT2D eigenvalue weighted by atomic mass is 16.5. The van der Waals surface area contributed by atoms with E-state index in [0.29, 0.717) is 11.5 Å². The number of hydrogen-bond donors (Lipinski definition) is 0. The standard InChI is InChI=1S/C23H33NO4/c1-16(2)13-27-21(25)11-23(15-24,12-22(26)28-14-17(3)4)20-9-7-19(8-10-20)18(5)6/h7-10,16-18H,11-14H2,1-6H3. The molecule has 0 fully saturated rings. The summed E-state index contributed by atoms with van der Waals surface area (Å²) in [4.78, 5) is 24.8. The molecule has 0 aliphatic heterocycles. The minimum Gasteiger partial charge on any atom is -0.465 e. The lowest BCUT2D eigenvalue weighted by molar-refractivity contribution is -0.148. The summed E-state index contributed by atoms with van der Waals surface area (Å²) in [5.41, 5.74) is 0.445. The zero-order chi connectivity index (χ0) is 21.3. The molecule has 0 aliphatic rings. The monoisotopic (exact) mass is 387 g/mol. The van der Waals surface area contributed by atoms with Crippen LogP contribution in [0, 0.1) is 23.2 Å². The fourth-order valence-corrected chi connectivity index (χ4v) is 2.71. The van der Waals surface area contributed by atoms with Gasteiger partial charge in [-0.25, -0.2) is 0 Å². The summed E-state index contributed by atoms with van der Waals surface area (Å²) in [7, 11) is 0. The van der Waals surface area contributed by atoms with Crippen molar-refractivity contribution in [3.63, 3.8) is 0 Å². The lowest BCUT2D eigenvalue weighted by atomic mass is 9.75. The highest BCUT2D eigenvalue weighted by molar-refractivity contribution is 5.77. The van der Waals surface area contributed by atoms with Crippen LogP contribution in [0.1, 0.15) is 71.4 Å². The molecule has 0 radical (unpaired) electrons. The zero-order valence-corrected chi connectivity index (χ0v) is 18.0. The van der Waals surface area contributed by atoms with Gasteiger partial charge in [0.2, 0.25) is 0 Å². The van der Waals surface area contributed by atoms with Crippen molar-refractivity contribution in [2.24, 2.45) is 11.8 Å². The van der Waals surface area contributed by atoms with E-state index in [1.165, 1.54) is 0 Å². The number of rotatable bonds is 10. The van der Waals surface area contributed by atoms with Crippen molar-refractivity contribution in [1.82, 2.24) is 0 Å². The van der Waals surface area contributed by atoms with Crippen molar-refractivity contribution in [2.75, 3.05) is 13.2 Å². The van der Waals surface area contributed by atoms with Crippen LogP contribution in [-0.4, -0.2) is 25.2 Å². The van der Waals surface area contributed by atoms with Gasteiger partial charge in [0.1, 0.15) is 5.41 Å². The van der Waals surface area contributed by atoms with Crippen LogP contribution in [0.15, 0.2) is 24.3 Å². The average Bonchev–Trinajstić information content (AvgIpc) is 2.64. The number of ether oxygens (including phenoxy) is 2. The SMILES string of the molecule is CC(C)COC(=O)CC(C#N)(CC(=O)OCC(C)C)c1ccc(C(C)C)cc1. The Bertz CT molecular complexity index is 658. The Balaban J connectivity index is 3.13. The van der Waals surface area contributed by atoms with E-state index in [2.05, 4.69) is 19.9 Å². The highest BCUT2D eigenvalue weighted by Gasteiger charge is 2.39. The van der Waals surface area contributed by atoms with Gasteiger partial charge < -0.3 is 9.47 Å². The van der Waals surface area contributed by atoms with Gasteiger partial charge in [-0.15, -0.1) is 0 Å². The fourth-order valence-electron chi connectivity index (χ4n) is 2.71. The first-order valence-electron chi connectivity index (χ1n) is 9.92. The third-order valence-electron chi connectivity index (χ3n) is 4.39. The topological polar surface area (TPSA) is 76.4 Å². The molecule has 0 unspecified atom stereocenters. The fraction of sp³-hybridized carbons (Fsp3) is 0.609. The molecule has 1 aromatic carbocycles. The molecular weight excluding hydrogens is 354 g/mol. The van der Waals surface area contributed by atoms with Crippen molar-refractivity contribution in [2.45, 2.75) is 65.7 Å². The number of hydrogen-bond acceptors (Lipinski definition) is 5. The van der Waals surface area contributed by atoms with Crippen LogP contribution in [-0.2, 0) is 24.5 Å². The number of carbonyl (C=O) groups excluding carboxylic acids is 2. The van der Waals surface area contributed by atoms with Crippen LogP contribution in [0.3, 0.4) is 0 Å². The first-order chi connectivity index (χ1) is 13.1. The summed E-state index contributed by atoms with van der Waals surface area (Å²) in [6.07, 6.45) is -0.373. The maximum Gasteiger partial charge on any atom is 0.307 e. The zero-order valence-electron chi connectivity index (χ0n) is 18.0. The molecule has 0 spiro atoms. The van der Waals surface area contributed by atoms with Gasteiger partial charge in [-0.1, -0.05) is 65.8 Å². The predicted molar refractivity (Wildman–Crippen MR) is 109 cm³/mol. The van der Waals surface area contributed by atoms with Crippen molar-refractivity contribution in [3.8, 4) is 6.07 Å². The van der Waals surface area contributed by atoms with E-state index in [1.807, 2.05) is 52.0 Å². The molecule has 0 bridgehead atoms. The largest absolute Gasteiger partial charge is 0.465 e. The normalized spacial score (nSPS) is 11.6. The van der Waals surface area contributed by atoms with E-state index in [0.717, 1.165) is 5.56 Å². The molecule has 0 saturated heterocycles. The lowest BCUT2D eigenvalue weighted by Crippen LogP contribution is -2.33. The Morgan fingerprint density at radius 2 is 1.32 bits per heavy atom. The van der Waals surface area contributed by atoms with Crippen LogP contribution in [0.5, 0.6) is 0 Å². The molecule has 28 heavy (non-hydrogen) atoms. The Hall–Kier alpha value is -2.35. The van der Waals surface area contributed by atoms with Gasteiger partial charge in [-0.05, 0) is 28.9 Å². The Morgan fingerprint density at radius 1 is 0.893 bits per heavy atom. The lowest BCUT2D eigenvalue weighted by Gasteiger charge is -2.26. The smallest absolute Gasteiger partial charge is 0.307 e. The molecule has 0 amide bonds. The summed E-state index contributed by atoms with van der Waals surface area (Å²) < 4.78 is 10.6. The number of carbonyl (C=O) groups is 2. The molecule has 0 aromatic heterocycles. The van der Waals surface area contributed by atoms with E-state index in [9.17, 15) is 14.9 Å². The third kappa shape index (κ3) is 7.34. The van der Waals surface area contributed by atoms with Crippen LogP contribution < -0.4 is 0 Å². The van der Waals surface area contributed by atoms with Crippen LogP contribution >= 0.6 is 0 Å². The summed E-state index contributed by atoms with van der Waals surface area (Å²) >= 11 is 0. The van der Waals surface area contributed by atoms with E-state index in [-0.39, 0.29) is 37.9 Å². The second kappa shape index (κ2) is 10.8.